The zero-order chi connectivity index (χ0) is 11.0. The Bertz CT molecular complexity index is 584. The van der Waals surface area contributed by atoms with Crippen LogP contribution in [-0.4, -0.2) is 4.98 Å². The minimum Gasteiger partial charge on any atom is -0.383 e. The van der Waals surface area contributed by atoms with Crippen molar-refractivity contribution in [2.75, 3.05) is 5.73 Å². The van der Waals surface area contributed by atoms with E-state index in [9.17, 15) is 4.39 Å². The molecule has 0 amide bonds. The summed E-state index contributed by atoms with van der Waals surface area (Å²) in [5.74, 6) is -0.216. The van der Waals surface area contributed by atoms with Crippen molar-refractivity contribution < 1.29 is 4.39 Å². The average Bonchev–Trinajstić information content (AvgIpc) is 2.17. The summed E-state index contributed by atoms with van der Waals surface area (Å²) in [6.45, 7) is 1.77. The second kappa shape index (κ2) is 3.21. The molecule has 1 aromatic carbocycles. The maximum absolute atomic E-state index is 12.9. The Morgan fingerprint density at radius 1 is 1.47 bits per heavy atom. The van der Waals surface area contributed by atoms with Crippen LogP contribution in [0.1, 0.15) is 11.1 Å². The third-order valence-electron chi connectivity index (χ3n) is 2.35. The van der Waals surface area contributed by atoms with Crippen LogP contribution in [0.5, 0.6) is 0 Å². The summed E-state index contributed by atoms with van der Waals surface area (Å²) in [6.07, 6.45) is 0. The Morgan fingerprint density at radius 3 is 2.87 bits per heavy atom. The summed E-state index contributed by atoms with van der Waals surface area (Å²) in [5, 5.41) is 9.62. The monoisotopic (exact) mass is 201 g/mol. The van der Waals surface area contributed by atoms with Gasteiger partial charge < -0.3 is 5.73 Å². The SMILES string of the molecule is Cc1c(C#N)c(N)nc2cc(F)ccc12. The molecule has 0 unspecified atom stereocenters. The predicted molar refractivity (Wildman–Crippen MR) is 55.6 cm³/mol. The molecule has 1 aromatic heterocycles. The minimum absolute atomic E-state index is 0.146. The molecular formula is C11H8FN3. The standard InChI is InChI=1S/C11H8FN3/c1-6-8-3-2-7(12)4-10(8)15-11(14)9(6)5-13/h2-4H,1H3,(H2,14,15). The molecule has 0 radical (unpaired) electrons. The van der Waals surface area contributed by atoms with Gasteiger partial charge in [-0.1, -0.05) is 0 Å². The topological polar surface area (TPSA) is 62.7 Å². The molecule has 0 saturated carbocycles. The molecule has 0 fully saturated rings. The van der Waals surface area contributed by atoms with Gasteiger partial charge in [0.2, 0.25) is 0 Å². The van der Waals surface area contributed by atoms with Crippen LogP contribution in [0.15, 0.2) is 18.2 Å². The largest absolute Gasteiger partial charge is 0.383 e. The third-order valence-corrected chi connectivity index (χ3v) is 2.35. The van der Waals surface area contributed by atoms with Gasteiger partial charge in [0.25, 0.3) is 0 Å². The first-order valence-electron chi connectivity index (χ1n) is 4.39. The van der Waals surface area contributed by atoms with E-state index in [1.807, 2.05) is 6.07 Å². The van der Waals surface area contributed by atoms with E-state index in [2.05, 4.69) is 4.98 Å². The molecule has 0 aliphatic rings. The smallest absolute Gasteiger partial charge is 0.142 e. The van der Waals surface area contributed by atoms with E-state index < -0.39 is 0 Å². The van der Waals surface area contributed by atoms with Crippen molar-refractivity contribution in [1.82, 2.24) is 4.98 Å². The molecule has 0 aliphatic carbocycles. The van der Waals surface area contributed by atoms with Gasteiger partial charge in [0, 0.05) is 11.5 Å². The number of anilines is 1. The Kier molecular flexibility index (Phi) is 2.01. The second-order valence-corrected chi connectivity index (χ2v) is 3.27. The van der Waals surface area contributed by atoms with Gasteiger partial charge in [-0.25, -0.2) is 9.37 Å². The first-order chi connectivity index (χ1) is 7.13. The number of nitrogens with two attached hydrogens (primary N) is 1. The van der Waals surface area contributed by atoms with Gasteiger partial charge in [-0.3, -0.25) is 0 Å². The summed E-state index contributed by atoms with van der Waals surface area (Å²) >= 11 is 0. The summed E-state index contributed by atoms with van der Waals surface area (Å²) in [4.78, 5) is 3.98. The quantitative estimate of drug-likeness (QED) is 0.710. The first kappa shape index (κ1) is 9.41. The lowest BCUT2D eigenvalue weighted by molar-refractivity contribution is 0.629. The van der Waals surface area contributed by atoms with Gasteiger partial charge in [0.1, 0.15) is 17.7 Å². The Labute approximate surface area is 86.0 Å². The average molecular weight is 201 g/mol. The van der Waals surface area contributed by atoms with Gasteiger partial charge in [-0.15, -0.1) is 0 Å². The van der Waals surface area contributed by atoms with Crippen molar-refractivity contribution in [3.8, 4) is 6.07 Å². The van der Waals surface area contributed by atoms with Gasteiger partial charge in [-0.2, -0.15) is 5.26 Å². The number of fused-ring (bicyclic) bond motifs is 1. The molecule has 1 heterocycles. The highest BCUT2D eigenvalue weighted by molar-refractivity contribution is 5.86. The van der Waals surface area contributed by atoms with Crippen LogP contribution in [0.2, 0.25) is 0 Å². The molecule has 2 N–H and O–H groups in total. The van der Waals surface area contributed by atoms with Crippen LogP contribution >= 0.6 is 0 Å². The second-order valence-electron chi connectivity index (χ2n) is 3.27. The van der Waals surface area contributed by atoms with Crippen molar-refractivity contribution in [3.05, 3.63) is 35.1 Å². The third kappa shape index (κ3) is 1.38. The van der Waals surface area contributed by atoms with E-state index in [0.717, 1.165) is 10.9 Å². The number of halogens is 1. The van der Waals surface area contributed by atoms with Gasteiger partial charge in [0.15, 0.2) is 0 Å². The number of nitrogen functional groups attached to an aromatic ring is 1. The summed E-state index contributed by atoms with van der Waals surface area (Å²) in [5.41, 5.74) is 7.16. The molecule has 4 heteroatoms. The normalized spacial score (nSPS) is 10.2. The summed E-state index contributed by atoms with van der Waals surface area (Å²) < 4.78 is 12.9. The van der Waals surface area contributed by atoms with Gasteiger partial charge in [0.05, 0.1) is 11.1 Å². The molecule has 15 heavy (non-hydrogen) atoms. The molecule has 2 rings (SSSR count). The lowest BCUT2D eigenvalue weighted by Gasteiger charge is -2.05. The lowest BCUT2D eigenvalue weighted by atomic mass is 10.0. The highest BCUT2D eigenvalue weighted by atomic mass is 19.1. The van der Waals surface area contributed by atoms with Crippen molar-refractivity contribution in [2.24, 2.45) is 0 Å². The van der Waals surface area contributed by atoms with Gasteiger partial charge >= 0.3 is 0 Å². The van der Waals surface area contributed by atoms with Crippen LogP contribution in [-0.2, 0) is 0 Å². The van der Waals surface area contributed by atoms with E-state index in [0.29, 0.717) is 11.1 Å². The Hall–Kier alpha value is -2.15. The number of pyridine rings is 1. The van der Waals surface area contributed by atoms with Crippen LogP contribution in [0.25, 0.3) is 10.9 Å². The summed E-state index contributed by atoms with van der Waals surface area (Å²) in [6, 6.07) is 6.24. The number of hydrogen-bond donors (Lipinski definition) is 1. The van der Waals surface area contributed by atoms with Crippen LogP contribution in [0, 0.1) is 24.1 Å². The van der Waals surface area contributed by atoms with Crippen molar-refractivity contribution in [1.29, 1.82) is 5.26 Å². The lowest BCUT2D eigenvalue weighted by Crippen LogP contribution is -1.99. The molecular weight excluding hydrogens is 193 g/mol. The van der Waals surface area contributed by atoms with Crippen molar-refractivity contribution in [2.45, 2.75) is 6.92 Å². The fourth-order valence-electron chi connectivity index (χ4n) is 1.57. The van der Waals surface area contributed by atoms with E-state index in [-0.39, 0.29) is 11.6 Å². The van der Waals surface area contributed by atoms with Crippen LogP contribution in [0.3, 0.4) is 0 Å². The number of rotatable bonds is 0. The molecule has 0 saturated heterocycles. The fraction of sp³-hybridized carbons (Fsp3) is 0.0909. The molecule has 2 aromatic rings. The molecule has 3 nitrogen and oxygen atoms in total. The Morgan fingerprint density at radius 2 is 2.20 bits per heavy atom. The fourth-order valence-corrected chi connectivity index (χ4v) is 1.57. The van der Waals surface area contributed by atoms with Crippen molar-refractivity contribution >= 4 is 16.7 Å². The maximum Gasteiger partial charge on any atom is 0.142 e. The molecule has 0 atom stereocenters. The zero-order valence-electron chi connectivity index (χ0n) is 8.08. The predicted octanol–water partition coefficient (Wildman–Crippen LogP) is 2.14. The molecule has 0 aliphatic heterocycles. The molecule has 0 spiro atoms. The van der Waals surface area contributed by atoms with E-state index in [1.165, 1.54) is 12.1 Å². The van der Waals surface area contributed by atoms with Crippen LogP contribution < -0.4 is 5.73 Å². The van der Waals surface area contributed by atoms with E-state index in [4.69, 9.17) is 11.0 Å². The first-order valence-corrected chi connectivity index (χ1v) is 4.39. The Balaban J connectivity index is 2.92. The highest BCUT2D eigenvalue weighted by Crippen LogP contribution is 2.23. The zero-order valence-corrected chi connectivity index (χ0v) is 8.08. The van der Waals surface area contributed by atoms with E-state index >= 15 is 0 Å². The number of nitrogens with zero attached hydrogens (tertiary/aromatic N) is 2. The van der Waals surface area contributed by atoms with Crippen LogP contribution in [0.4, 0.5) is 10.2 Å². The maximum atomic E-state index is 12.9. The van der Waals surface area contributed by atoms with E-state index in [1.54, 1.807) is 13.0 Å². The van der Waals surface area contributed by atoms with Crippen molar-refractivity contribution in [3.63, 3.8) is 0 Å². The number of aromatic nitrogens is 1. The summed E-state index contributed by atoms with van der Waals surface area (Å²) in [7, 11) is 0. The number of aryl methyl sites for hydroxylation is 1. The molecule has 74 valence electrons. The number of benzene rings is 1. The number of hydrogen-bond acceptors (Lipinski definition) is 3. The number of nitriles is 1. The molecule has 0 bridgehead atoms. The highest BCUT2D eigenvalue weighted by Gasteiger charge is 2.09. The minimum atomic E-state index is -0.362. The van der Waals surface area contributed by atoms with Gasteiger partial charge in [-0.05, 0) is 24.6 Å².